The normalized spacial score (nSPS) is 11.3. The molecule has 0 radical (unpaired) electrons. The number of aromatic amines is 1. The second kappa shape index (κ2) is 6.72. The first-order valence-corrected chi connectivity index (χ1v) is 9.15. The van der Waals surface area contributed by atoms with Crippen LogP contribution in [-0.2, 0) is 10.0 Å². The summed E-state index contributed by atoms with van der Waals surface area (Å²) in [6.07, 6.45) is 0. The Hall–Kier alpha value is -3.00. The summed E-state index contributed by atoms with van der Waals surface area (Å²) in [5, 5.41) is 0.626. The molecule has 0 aliphatic carbocycles. The van der Waals surface area contributed by atoms with Crippen molar-refractivity contribution in [3.63, 3.8) is 0 Å². The topological polar surface area (TPSA) is 88.7 Å². The molecule has 0 aliphatic rings. The lowest BCUT2D eigenvalue weighted by molar-refractivity contribution is 0.395. The Balaban J connectivity index is 2.07. The van der Waals surface area contributed by atoms with E-state index in [0.717, 1.165) is 4.31 Å². The number of methoxy groups -OCH3 is 2. The molecule has 0 aliphatic heterocycles. The zero-order valence-corrected chi connectivity index (χ0v) is 15.3. The minimum atomic E-state index is -3.83. The van der Waals surface area contributed by atoms with E-state index in [4.69, 9.17) is 9.47 Å². The quantitative estimate of drug-likeness (QED) is 0.741. The predicted molar refractivity (Wildman–Crippen MR) is 99.7 cm³/mol. The van der Waals surface area contributed by atoms with Crippen molar-refractivity contribution >= 4 is 26.6 Å². The molecule has 0 saturated carbocycles. The first-order chi connectivity index (χ1) is 12.4. The van der Waals surface area contributed by atoms with E-state index in [1.54, 1.807) is 30.3 Å². The van der Waals surface area contributed by atoms with E-state index in [1.165, 1.54) is 39.5 Å². The molecule has 0 saturated heterocycles. The van der Waals surface area contributed by atoms with Gasteiger partial charge in [0.05, 0.1) is 24.8 Å². The largest absolute Gasteiger partial charge is 0.497 e. The molecule has 0 spiro atoms. The highest BCUT2D eigenvalue weighted by atomic mass is 32.2. The third-order valence-electron chi connectivity index (χ3n) is 4.08. The summed E-state index contributed by atoms with van der Waals surface area (Å²) in [6, 6.07) is 12.4. The number of fused-ring (bicyclic) bond motifs is 1. The highest BCUT2D eigenvalue weighted by Crippen LogP contribution is 2.34. The lowest BCUT2D eigenvalue weighted by Gasteiger charge is -2.22. The van der Waals surface area contributed by atoms with Crippen LogP contribution in [0.1, 0.15) is 0 Å². The van der Waals surface area contributed by atoms with Crippen LogP contribution in [0.2, 0.25) is 0 Å². The van der Waals surface area contributed by atoms with Crippen LogP contribution in [0.4, 0.5) is 5.69 Å². The summed E-state index contributed by atoms with van der Waals surface area (Å²) in [6.45, 7) is 0. The molecule has 3 aromatic rings. The fraction of sp³-hybridized carbons (Fsp3) is 0.167. The van der Waals surface area contributed by atoms with Gasteiger partial charge in [0.15, 0.2) is 0 Å². The third kappa shape index (κ3) is 3.11. The summed E-state index contributed by atoms with van der Waals surface area (Å²) < 4.78 is 37.7. The van der Waals surface area contributed by atoms with E-state index in [1.807, 2.05) is 0 Å². The standard InChI is InChI=1S/C18H18N2O5S/c1-20(16-8-5-13(24-2)11-17(16)25-3)26(22,23)14-6-7-15-12(10-14)4-9-18(21)19-15/h4-11H,1-3H3,(H,19,21). The van der Waals surface area contributed by atoms with Gasteiger partial charge in [0.2, 0.25) is 5.56 Å². The molecule has 1 aromatic heterocycles. The van der Waals surface area contributed by atoms with Gasteiger partial charge < -0.3 is 14.5 Å². The molecule has 3 rings (SSSR count). The number of rotatable bonds is 5. The van der Waals surface area contributed by atoms with Crippen LogP contribution in [0.25, 0.3) is 10.9 Å². The fourth-order valence-corrected chi connectivity index (χ4v) is 3.87. The minimum absolute atomic E-state index is 0.109. The summed E-state index contributed by atoms with van der Waals surface area (Å²) >= 11 is 0. The molecule has 0 bridgehead atoms. The van der Waals surface area contributed by atoms with Gasteiger partial charge in [0.25, 0.3) is 10.0 Å². The molecule has 1 N–H and O–H groups in total. The van der Waals surface area contributed by atoms with Gasteiger partial charge in [0.1, 0.15) is 11.5 Å². The van der Waals surface area contributed by atoms with Crippen molar-refractivity contribution in [2.24, 2.45) is 0 Å². The average molecular weight is 374 g/mol. The second-order valence-corrected chi connectivity index (χ2v) is 7.55. The lowest BCUT2D eigenvalue weighted by Crippen LogP contribution is -2.27. The van der Waals surface area contributed by atoms with Crippen LogP contribution < -0.4 is 19.3 Å². The van der Waals surface area contributed by atoms with Gasteiger partial charge in [-0.05, 0) is 41.8 Å². The Morgan fingerprint density at radius 3 is 2.42 bits per heavy atom. The Kier molecular flexibility index (Phi) is 4.60. The number of hydrogen-bond donors (Lipinski definition) is 1. The van der Waals surface area contributed by atoms with Crippen molar-refractivity contribution < 1.29 is 17.9 Å². The minimum Gasteiger partial charge on any atom is -0.497 e. The zero-order valence-electron chi connectivity index (χ0n) is 14.5. The maximum Gasteiger partial charge on any atom is 0.264 e. The van der Waals surface area contributed by atoms with Crippen LogP contribution >= 0.6 is 0 Å². The van der Waals surface area contributed by atoms with Crippen molar-refractivity contribution in [3.05, 3.63) is 58.9 Å². The summed E-state index contributed by atoms with van der Waals surface area (Å²) in [4.78, 5) is 14.1. The molecule has 1 heterocycles. The number of benzene rings is 2. The molecule has 0 unspecified atom stereocenters. The van der Waals surface area contributed by atoms with Crippen molar-refractivity contribution in [2.45, 2.75) is 4.90 Å². The number of H-pyrrole nitrogens is 1. The summed E-state index contributed by atoms with van der Waals surface area (Å²) in [5.41, 5.74) is 0.712. The molecule has 2 aromatic carbocycles. The van der Waals surface area contributed by atoms with E-state index in [0.29, 0.717) is 28.1 Å². The zero-order chi connectivity index (χ0) is 18.9. The maximum atomic E-state index is 13.0. The fourth-order valence-electron chi connectivity index (χ4n) is 2.63. The van der Waals surface area contributed by atoms with E-state index in [-0.39, 0.29) is 10.5 Å². The number of anilines is 1. The number of aromatic nitrogens is 1. The van der Waals surface area contributed by atoms with Crippen molar-refractivity contribution in [3.8, 4) is 11.5 Å². The van der Waals surface area contributed by atoms with Crippen LogP contribution in [0.5, 0.6) is 11.5 Å². The Labute approximate surface area is 150 Å². The summed E-state index contributed by atoms with van der Waals surface area (Å²) in [5.74, 6) is 0.937. The van der Waals surface area contributed by atoms with Gasteiger partial charge in [-0.15, -0.1) is 0 Å². The van der Waals surface area contributed by atoms with Crippen LogP contribution in [-0.4, -0.2) is 34.7 Å². The molecule has 136 valence electrons. The molecular formula is C18H18N2O5S. The van der Waals surface area contributed by atoms with E-state index in [9.17, 15) is 13.2 Å². The second-order valence-electron chi connectivity index (χ2n) is 5.58. The number of sulfonamides is 1. The van der Waals surface area contributed by atoms with Crippen LogP contribution in [0, 0.1) is 0 Å². The molecular weight excluding hydrogens is 356 g/mol. The smallest absolute Gasteiger partial charge is 0.264 e. The van der Waals surface area contributed by atoms with Crippen LogP contribution in [0.15, 0.2) is 58.2 Å². The Morgan fingerprint density at radius 2 is 1.73 bits per heavy atom. The Morgan fingerprint density at radius 1 is 0.962 bits per heavy atom. The van der Waals surface area contributed by atoms with Crippen LogP contribution in [0.3, 0.4) is 0 Å². The Bertz CT molecular complexity index is 1120. The number of pyridine rings is 1. The number of hydrogen-bond acceptors (Lipinski definition) is 5. The maximum absolute atomic E-state index is 13.0. The van der Waals surface area contributed by atoms with Gasteiger partial charge in [-0.3, -0.25) is 9.10 Å². The molecule has 7 nitrogen and oxygen atoms in total. The van der Waals surface area contributed by atoms with Gasteiger partial charge in [0, 0.05) is 24.7 Å². The van der Waals surface area contributed by atoms with E-state index in [2.05, 4.69) is 4.98 Å². The van der Waals surface area contributed by atoms with Gasteiger partial charge in [-0.25, -0.2) is 8.42 Å². The molecule has 0 atom stereocenters. The molecule has 0 amide bonds. The first-order valence-electron chi connectivity index (χ1n) is 7.71. The van der Waals surface area contributed by atoms with Gasteiger partial charge in [-0.1, -0.05) is 0 Å². The van der Waals surface area contributed by atoms with Crippen molar-refractivity contribution in [2.75, 3.05) is 25.6 Å². The van der Waals surface area contributed by atoms with E-state index < -0.39 is 10.0 Å². The molecule has 26 heavy (non-hydrogen) atoms. The van der Waals surface area contributed by atoms with Crippen molar-refractivity contribution in [1.29, 1.82) is 0 Å². The highest BCUT2D eigenvalue weighted by Gasteiger charge is 2.24. The lowest BCUT2D eigenvalue weighted by atomic mass is 10.2. The highest BCUT2D eigenvalue weighted by molar-refractivity contribution is 7.92. The number of ether oxygens (including phenoxy) is 2. The predicted octanol–water partition coefficient (Wildman–Crippen LogP) is 2.37. The molecule has 8 heteroatoms. The average Bonchev–Trinajstić information content (AvgIpc) is 2.66. The SMILES string of the molecule is COc1ccc(N(C)S(=O)(=O)c2ccc3[nH]c(=O)ccc3c2)c(OC)c1. The van der Waals surface area contributed by atoms with Crippen molar-refractivity contribution in [1.82, 2.24) is 4.98 Å². The van der Waals surface area contributed by atoms with E-state index >= 15 is 0 Å². The van der Waals surface area contributed by atoms with Gasteiger partial charge >= 0.3 is 0 Å². The monoisotopic (exact) mass is 374 g/mol. The molecule has 0 fully saturated rings. The number of nitrogens with one attached hydrogen (secondary N) is 1. The third-order valence-corrected chi connectivity index (χ3v) is 5.85. The number of nitrogens with zero attached hydrogens (tertiary/aromatic N) is 1. The van der Waals surface area contributed by atoms with Gasteiger partial charge in [-0.2, -0.15) is 0 Å². The first kappa shape index (κ1) is 17.8. The summed E-state index contributed by atoms with van der Waals surface area (Å²) in [7, 11) is 0.615.